The molecule has 1 fully saturated rings. The number of carbonyl (C=O) groups is 4. The van der Waals surface area contributed by atoms with Gasteiger partial charge in [-0.05, 0) is 23.8 Å². The van der Waals surface area contributed by atoms with Crippen LogP contribution in [0.25, 0.3) is 11.0 Å². The molecular weight excluding hydrogens is 561 g/mol. The predicted octanol–water partition coefficient (Wildman–Crippen LogP) is 4.20. The summed E-state index contributed by atoms with van der Waals surface area (Å²) >= 11 is 9.66. The van der Waals surface area contributed by atoms with Gasteiger partial charge in [0, 0.05) is 46.9 Å². The smallest absolute Gasteiger partial charge is 0.423 e. The monoisotopic (exact) mass is 579 g/mol. The van der Waals surface area contributed by atoms with Crippen LogP contribution in [0.15, 0.2) is 35.1 Å². The molecule has 9 nitrogen and oxygen atoms in total. The number of carbonyl (C=O) groups excluding carboxylic acids is 4. The van der Waals surface area contributed by atoms with Gasteiger partial charge < -0.3 is 14.0 Å². The van der Waals surface area contributed by atoms with Crippen LogP contribution < -0.4 is 0 Å². The zero-order valence-corrected chi connectivity index (χ0v) is 21.4. The van der Waals surface area contributed by atoms with E-state index in [2.05, 4.69) is 20.9 Å². The Kier molecular flexibility index (Phi) is 7.82. The van der Waals surface area contributed by atoms with E-state index in [-0.39, 0.29) is 49.1 Å². The first kappa shape index (κ1) is 25.9. The van der Waals surface area contributed by atoms with Gasteiger partial charge in [-0.1, -0.05) is 33.6 Å². The van der Waals surface area contributed by atoms with E-state index in [1.807, 2.05) is 0 Å². The average molecular weight is 581 g/mol. The van der Waals surface area contributed by atoms with Crippen LogP contribution >= 0.6 is 27.5 Å². The molecule has 2 heterocycles. The van der Waals surface area contributed by atoms with Crippen molar-refractivity contribution in [2.45, 2.75) is 19.3 Å². The van der Waals surface area contributed by atoms with Gasteiger partial charge in [0.1, 0.15) is 18.7 Å². The Balaban J connectivity index is 1.46. The number of aromatic nitrogens is 2. The second-order valence-electron chi connectivity index (χ2n) is 8.07. The van der Waals surface area contributed by atoms with Crippen LogP contribution in [0.3, 0.4) is 0 Å². The molecule has 0 aliphatic carbocycles. The maximum absolute atomic E-state index is 15.5. The van der Waals surface area contributed by atoms with Crippen molar-refractivity contribution in [3.05, 3.63) is 62.6 Å². The molecule has 1 aromatic heterocycles. The number of aryl methyl sites for hydroxylation is 1. The molecule has 3 aromatic rings. The summed E-state index contributed by atoms with van der Waals surface area (Å²) < 4.78 is 28.1. The molecule has 188 valence electrons. The summed E-state index contributed by atoms with van der Waals surface area (Å²) in [7, 11) is 1.69. The van der Waals surface area contributed by atoms with E-state index in [1.165, 1.54) is 6.33 Å². The van der Waals surface area contributed by atoms with Gasteiger partial charge in [-0.25, -0.2) is 14.2 Å². The van der Waals surface area contributed by atoms with Crippen LogP contribution in [-0.2, 0) is 32.5 Å². The Morgan fingerprint density at radius 1 is 1.17 bits per heavy atom. The summed E-state index contributed by atoms with van der Waals surface area (Å²) in [6, 6.07) is 6.75. The number of hydrogen-bond donors (Lipinski definition) is 0. The van der Waals surface area contributed by atoms with Crippen LogP contribution in [0.2, 0.25) is 5.02 Å². The fraction of sp³-hybridized carbons (Fsp3) is 0.292. The van der Waals surface area contributed by atoms with Crippen LogP contribution in [0.4, 0.5) is 9.18 Å². The Hall–Kier alpha value is -3.15. The predicted molar refractivity (Wildman–Crippen MR) is 130 cm³/mol. The normalized spacial score (nSPS) is 13.6. The number of hydrogen-bond acceptors (Lipinski definition) is 7. The number of imide groups is 3. The average Bonchev–Trinajstić information content (AvgIpc) is 3.37. The Bertz CT molecular complexity index is 1380. The van der Waals surface area contributed by atoms with Gasteiger partial charge in [-0.3, -0.25) is 14.4 Å². The van der Waals surface area contributed by atoms with Crippen molar-refractivity contribution in [3.63, 3.8) is 0 Å². The second kappa shape index (κ2) is 10.9. The number of ketones is 1. The van der Waals surface area contributed by atoms with Crippen molar-refractivity contribution < 1.29 is 33.0 Å². The molecule has 0 radical (unpaired) electrons. The van der Waals surface area contributed by atoms with Crippen molar-refractivity contribution in [1.29, 1.82) is 0 Å². The van der Waals surface area contributed by atoms with Crippen LogP contribution in [0.1, 0.15) is 34.3 Å². The van der Waals surface area contributed by atoms with E-state index < -0.39 is 36.1 Å². The maximum atomic E-state index is 15.5. The van der Waals surface area contributed by atoms with Crippen molar-refractivity contribution >= 4 is 62.3 Å². The standard InChI is InChI=1S/C24H20BrClFN3O6/c1-29-12-28-23-18(29)10-15(16(22(23)27)8-13-2-3-14(25)9-17(13)26)19(31)11-35-6-7-36-24(34)30-20(32)4-5-21(30)33/h2-3,9-10,12H,4-8,11H2,1H3. The highest BCUT2D eigenvalue weighted by molar-refractivity contribution is 9.10. The molecule has 0 atom stereocenters. The highest BCUT2D eigenvalue weighted by atomic mass is 79.9. The van der Waals surface area contributed by atoms with Crippen molar-refractivity contribution in [3.8, 4) is 0 Å². The fourth-order valence-electron chi connectivity index (χ4n) is 3.82. The van der Waals surface area contributed by atoms with Gasteiger partial charge in [-0.15, -0.1) is 0 Å². The van der Waals surface area contributed by atoms with Gasteiger partial charge >= 0.3 is 6.09 Å². The number of nitrogens with zero attached hydrogens (tertiary/aromatic N) is 3. The lowest BCUT2D eigenvalue weighted by Crippen LogP contribution is -2.36. The minimum atomic E-state index is -1.07. The van der Waals surface area contributed by atoms with Crippen molar-refractivity contribution in [2.75, 3.05) is 19.8 Å². The Morgan fingerprint density at radius 2 is 1.89 bits per heavy atom. The molecule has 3 amide bonds. The number of likely N-dealkylation sites (tertiary alicyclic amines) is 1. The molecule has 12 heteroatoms. The fourth-order valence-corrected chi connectivity index (χ4v) is 4.56. The maximum Gasteiger partial charge on any atom is 0.423 e. The molecule has 0 bridgehead atoms. The second-order valence-corrected chi connectivity index (χ2v) is 9.39. The third-order valence-electron chi connectivity index (χ3n) is 5.66. The van der Waals surface area contributed by atoms with Crippen LogP contribution in [0.5, 0.6) is 0 Å². The SMILES string of the molecule is Cn1cnc2c(F)c(Cc3ccc(Br)cc3Cl)c(C(=O)COCCOC(=O)N3C(=O)CCC3=O)cc21. The minimum Gasteiger partial charge on any atom is -0.446 e. The highest BCUT2D eigenvalue weighted by Gasteiger charge is 2.35. The summed E-state index contributed by atoms with van der Waals surface area (Å²) in [6.07, 6.45) is 0.365. The lowest BCUT2D eigenvalue weighted by molar-refractivity contribution is -0.136. The van der Waals surface area contributed by atoms with E-state index >= 15 is 4.39 Å². The minimum absolute atomic E-state index is 0.0374. The number of ether oxygens (including phenoxy) is 2. The van der Waals surface area contributed by atoms with Gasteiger partial charge in [0.15, 0.2) is 11.6 Å². The van der Waals surface area contributed by atoms with E-state index in [9.17, 15) is 19.2 Å². The van der Waals surface area contributed by atoms with E-state index in [1.54, 1.807) is 35.9 Å². The van der Waals surface area contributed by atoms with Crippen molar-refractivity contribution in [2.24, 2.45) is 7.05 Å². The summed E-state index contributed by atoms with van der Waals surface area (Å²) in [5.74, 6) is -2.35. The number of halogens is 3. The van der Waals surface area contributed by atoms with Gasteiger partial charge in [0.05, 0.1) is 18.5 Å². The first-order valence-corrected chi connectivity index (χ1v) is 12.0. The van der Waals surface area contributed by atoms with Gasteiger partial charge in [-0.2, -0.15) is 4.90 Å². The van der Waals surface area contributed by atoms with Gasteiger partial charge in [0.2, 0.25) is 11.8 Å². The quantitative estimate of drug-likeness (QED) is 0.223. The highest BCUT2D eigenvalue weighted by Crippen LogP contribution is 2.30. The van der Waals surface area contributed by atoms with Crippen LogP contribution in [-0.4, -0.2) is 58.0 Å². The molecule has 36 heavy (non-hydrogen) atoms. The van der Waals surface area contributed by atoms with E-state index in [0.717, 1.165) is 4.47 Å². The number of rotatable bonds is 8. The molecule has 1 aliphatic heterocycles. The van der Waals surface area contributed by atoms with Gasteiger partial charge in [0.25, 0.3) is 0 Å². The van der Waals surface area contributed by atoms with E-state index in [4.69, 9.17) is 21.1 Å². The zero-order chi connectivity index (χ0) is 26.0. The summed E-state index contributed by atoms with van der Waals surface area (Å²) in [5, 5.41) is 0.413. The molecule has 1 saturated heterocycles. The molecule has 1 aliphatic rings. The summed E-state index contributed by atoms with van der Waals surface area (Å²) in [4.78, 5) is 52.6. The molecule has 2 aromatic carbocycles. The largest absolute Gasteiger partial charge is 0.446 e. The first-order valence-electron chi connectivity index (χ1n) is 10.9. The number of benzene rings is 2. The first-order chi connectivity index (χ1) is 17.2. The summed E-state index contributed by atoms with van der Waals surface area (Å²) in [5.41, 5.74) is 1.46. The third-order valence-corrected chi connectivity index (χ3v) is 6.51. The Labute approximate surface area is 218 Å². The molecular formula is C24H20BrClFN3O6. The third kappa shape index (κ3) is 5.32. The number of fused-ring (bicyclic) bond motifs is 1. The number of amides is 3. The molecule has 0 saturated carbocycles. The molecule has 0 unspecified atom stereocenters. The molecule has 0 N–H and O–H groups in total. The lowest BCUT2D eigenvalue weighted by atomic mass is 9.95. The lowest BCUT2D eigenvalue weighted by Gasteiger charge is -2.14. The number of imidazole rings is 1. The topological polar surface area (TPSA) is 108 Å². The molecule has 4 rings (SSSR count). The Morgan fingerprint density at radius 3 is 2.58 bits per heavy atom. The zero-order valence-electron chi connectivity index (χ0n) is 19.1. The van der Waals surface area contributed by atoms with Crippen molar-refractivity contribution in [1.82, 2.24) is 14.5 Å². The van der Waals surface area contributed by atoms with E-state index in [0.29, 0.717) is 21.0 Å². The molecule has 0 spiro atoms. The number of Topliss-reactive ketones (excluding diaryl/α,β-unsaturated/α-hetero) is 1. The van der Waals surface area contributed by atoms with Crippen LogP contribution in [0, 0.1) is 5.82 Å². The summed E-state index contributed by atoms with van der Waals surface area (Å²) in [6.45, 7) is -0.860.